The van der Waals surface area contributed by atoms with Crippen molar-refractivity contribution in [2.45, 2.75) is 39.7 Å². The molecule has 1 nitrogen and oxygen atoms in total. The summed E-state index contributed by atoms with van der Waals surface area (Å²) >= 11 is 6.30. The van der Waals surface area contributed by atoms with E-state index in [1.165, 1.54) is 22.3 Å². The van der Waals surface area contributed by atoms with Crippen molar-refractivity contribution in [3.63, 3.8) is 0 Å². The SMILES string of the molecule is CCCNC(Cc1ccccc1C)c1cccc(Cl)c1C. The van der Waals surface area contributed by atoms with E-state index >= 15 is 0 Å². The fourth-order valence-corrected chi connectivity index (χ4v) is 2.85. The van der Waals surface area contributed by atoms with Crippen LogP contribution < -0.4 is 5.32 Å². The van der Waals surface area contributed by atoms with E-state index in [0.29, 0.717) is 6.04 Å². The van der Waals surface area contributed by atoms with Crippen LogP contribution in [0.15, 0.2) is 42.5 Å². The molecule has 0 aliphatic rings. The van der Waals surface area contributed by atoms with Crippen LogP contribution in [0.4, 0.5) is 0 Å². The number of hydrogen-bond acceptors (Lipinski definition) is 1. The largest absolute Gasteiger partial charge is 0.310 e. The van der Waals surface area contributed by atoms with E-state index < -0.39 is 0 Å². The van der Waals surface area contributed by atoms with Crippen molar-refractivity contribution in [1.29, 1.82) is 0 Å². The summed E-state index contributed by atoms with van der Waals surface area (Å²) in [6.45, 7) is 7.50. The van der Waals surface area contributed by atoms with Crippen molar-refractivity contribution in [3.05, 3.63) is 69.7 Å². The lowest BCUT2D eigenvalue weighted by Gasteiger charge is -2.22. The number of aryl methyl sites for hydroxylation is 1. The summed E-state index contributed by atoms with van der Waals surface area (Å²) in [7, 11) is 0. The summed E-state index contributed by atoms with van der Waals surface area (Å²) in [5.41, 5.74) is 5.23. The van der Waals surface area contributed by atoms with Gasteiger partial charge in [0.15, 0.2) is 0 Å². The number of rotatable bonds is 6. The molecule has 1 atom stereocenters. The maximum absolute atomic E-state index is 6.30. The van der Waals surface area contributed by atoms with Gasteiger partial charge in [-0.3, -0.25) is 0 Å². The molecule has 2 rings (SSSR count). The van der Waals surface area contributed by atoms with Crippen molar-refractivity contribution < 1.29 is 0 Å². The highest BCUT2D eigenvalue weighted by atomic mass is 35.5. The van der Waals surface area contributed by atoms with Crippen LogP contribution in [-0.2, 0) is 6.42 Å². The first-order chi connectivity index (χ1) is 10.1. The van der Waals surface area contributed by atoms with Crippen molar-refractivity contribution in [2.75, 3.05) is 6.54 Å². The van der Waals surface area contributed by atoms with E-state index in [-0.39, 0.29) is 0 Å². The highest BCUT2D eigenvalue weighted by Crippen LogP contribution is 2.27. The quantitative estimate of drug-likeness (QED) is 0.769. The van der Waals surface area contributed by atoms with E-state index in [1.807, 2.05) is 12.1 Å². The van der Waals surface area contributed by atoms with Gasteiger partial charge in [0.1, 0.15) is 0 Å². The summed E-state index contributed by atoms with van der Waals surface area (Å²) < 4.78 is 0. The molecule has 2 aromatic carbocycles. The minimum absolute atomic E-state index is 0.310. The normalized spacial score (nSPS) is 12.4. The van der Waals surface area contributed by atoms with Gasteiger partial charge >= 0.3 is 0 Å². The number of halogens is 1. The number of benzene rings is 2. The predicted octanol–water partition coefficient (Wildman–Crippen LogP) is 5.24. The van der Waals surface area contributed by atoms with Crippen LogP contribution in [0, 0.1) is 13.8 Å². The molecule has 2 heteroatoms. The Bertz CT molecular complexity index is 592. The first-order valence-electron chi connectivity index (χ1n) is 7.66. The van der Waals surface area contributed by atoms with Crippen molar-refractivity contribution in [2.24, 2.45) is 0 Å². The summed E-state index contributed by atoms with van der Waals surface area (Å²) in [5, 5.41) is 4.52. The Balaban J connectivity index is 2.30. The molecule has 0 amide bonds. The second kappa shape index (κ2) is 7.63. The predicted molar refractivity (Wildman–Crippen MR) is 92.1 cm³/mol. The zero-order chi connectivity index (χ0) is 15.2. The van der Waals surface area contributed by atoms with E-state index in [2.05, 4.69) is 56.4 Å². The van der Waals surface area contributed by atoms with Gasteiger partial charge in [0.25, 0.3) is 0 Å². The fourth-order valence-electron chi connectivity index (χ4n) is 2.67. The highest BCUT2D eigenvalue weighted by Gasteiger charge is 2.15. The van der Waals surface area contributed by atoms with E-state index in [4.69, 9.17) is 11.6 Å². The van der Waals surface area contributed by atoms with Gasteiger partial charge in [-0.25, -0.2) is 0 Å². The van der Waals surface area contributed by atoms with Gasteiger partial charge in [0.05, 0.1) is 0 Å². The van der Waals surface area contributed by atoms with Gasteiger partial charge in [-0.1, -0.05) is 54.9 Å². The van der Waals surface area contributed by atoms with E-state index in [1.54, 1.807) is 0 Å². The monoisotopic (exact) mass is 301 g/mol. The first kappa shape index (κ1) is 16.1. The molecule has 0 fully saturated rings. The molecule has 0 radical (unpaired) electrons. The average Bonchev–Trinajstić information content (AvgIpc) is 2.48. The van der Waals surface area contributed by atoms with Gasteiger partial charge in [-0.15, -0.1) is 0 Å². The van der Waals surface area contributed by atoms with Crippen molar-refractivity contribution >= 4 is 11.6 Å². The zero-order valence-corrected chi connectivity index (χ0v) is 13.9. The minimum atomic E-state index is 0.310. The van der Waals surface area contributed by atoms with Gasteiger partial charge in [-0.2, -0.15) is 0 Å². The Morgan fingerprint density at radius 2 is 1.81 bits per heavy atom. The van der Waals surface area contributed by atoms with Crippen LogP contribution in [0.2, 0.25) is 5.02 Å². The third-order valence-corrected chi connectivity index (χ3v) is 4.42. The molecule has 0 heterocycles. The average molecular weight is 302 g/mol. The molecule has 0 saturated heterocycles. The Hall–Kier alpha value is -1.31. The molecule has 0 spiro atoms. The molecule has 0 aromatic heterocycles. The zero-order valence-electron chi connectivity index (χ0n) is 13.1. The van der Waals surface area contributed by atoms with Gasteiger partial charge in [0, 0.05) is 11.1 Å². The van der Waals surface area contributed by atoms with E-state index in [9.17, 15) is 0 Å². The lowest BCUT2D eigenvalue weighted by Crippen LogP contribution is -2.25. The maximum atomic E-state index is 6.30. The lowest BCUT2D eigenvalue weighted by atomic mass is 9.93. The first-order valence-corrected chi connectivity index (χ1v) is 8.04. The van der Waals surface area contributed by atoms with Crippen molar-refractivity contribution in [1.82, 2.24) is 5.32 Å². The van der Waals surface area contributed by atoms with Gasteiger partial charge in [0.2, 0.25) is 0 Å². The smallest absolute Gasteiger partial charge is 0.0438 e. The Labute approximate surface area is 133 Å². The van der Waals surface area contributed by atoms with Crippen LogP contribution in [0.25, 0.3) is 0 Å². The Morgan fingerprint density at radius 3 is 2.52 bits per heavy atom. The molecular weight excluding hydrogens is 278 g/mol. The molecular formula is C19H24ClN. The minimum Gasteiger partial charge on any atom is -0.310 e. The molecule has 0 saturated carbocycles. The van der Waals surface area contributed by atoms with Gasteiger partial charge < -0.3 is 5.32 Å². The molecule has 1 unspecified atom stereocenters. The molecule has 0 bridgehead atoms. The van der Waals surface area contributed by atoms with E-state index in [0.717, 1.165) is 24.4 Å². The summed E-state index contributed by atoms with van der Waals surface area (Å²) in [4.78, 5) is 0. The standard InChI is InChI=1S/C19H24ClN/c1-4-12-21-19(13-16-9-6-5-8-14(16)2)17-10-7-11-18(20)15(17)3/h5-11,19,21H,4,12-13H2,1-3H3. The molecule has 0 aliphatic heterocycles. The summed E-state index contributed by atoms with van der Waals surface area (Å²) in [6.07, 6.45) is 2.12. The Morgan fingerprint density at radius 1 is 1.05 bits per heavy atom. The molecule has 21 heavy (non-hydrogen) atoms. The fraction of sp³-hybridized carbons (Fsp3) is 0.368. The van der Waals surface area contributed by atoms with Gasteiger partial charge in [-0.05, 0) is 61.6 Å². The van der Waals surface area contributed by atoms with Crippen LogP contribution >= 0.6 is 11.6 Å². The summed E-state index contributed by atoms with van der Waals surface area (Å²) in [5.74, 6) is 0. The maximum Gasteiger partial charge on any atom is 0.0438 e. The second-order valence-corrected chi connectivity index (χ2v) is 6.00. The third-order valence-electron chi connectivity index (χ3n) is 4.01. The topological polar surface area (TPSA) is 12.0 Å². The summed E-state index contributed by atoms with van der Waals surface area (Å²) in [6, 6.07) is 15.1. The molecule has 112 valence electrons. The number of nitrogens with one attached hydrogen (secondary N) is 1. The number of hydrogen-bond donors (Lipinski definition) is 1. The molecule has 1 N–H and O–H groups in total. The van der Waals surface area contributed by atoms with Crippen LogP contribution in [0.5, 0.6) is 0 Å². The van der Waals surface area contributed by atoms with Crippen LogP contribution in [-0.4, -0.2) is 6.54 Å². The van der Waals surface area contributed by atoms with Crippen LogP contribution in [0.3, 0.4) is 0 Å². The van der Waals surface area contributed by atoms with Crippen molar-refractivity contribution in [3.8, 4) is 0 Å². The molecule has 0 aliphatic carbocycles. The highest BCUT2D eigenvalue weighted by molar-refractivity contribution is 6.31. The third kappa shape index (κ3) is 4.09. The lowest BCUT2D eigenvalue weighted by molar-refractivity contribution is 0.526. The second-order valence-electron chi connectivity index (χ2n) is 5.59. The Kier molecular flexibility index (Phi) is 5.84. The van der Waals surface area contributed by atoms with Crippen LogP contribution in [0.1, 0.15) is 41.6 Å². The molecule has 2 aromatic rings.